The first-order valence-corrected chi connectivity index (χ1v) is 8.25. The van der Waals surface area contributed by atoms with Gasteiger partial charge in [-0.15, -0.1) is 0 Å². The predicted molar refractivity (Wildman–Crippen MR) is 99.2 cm³/mol. The number of hydrogen-bond acceptors (Lipinski definition) is 3. The molecule has 1 amide bonds. The lowest BCUT2D eigenvalue weighted by Crippen LogP contribution is -2.43. The number of nitrogens with one attached hydrogen (secondary N) is 1. The smallest absolute Gasteiger partial charge is 0.262 e. The van der Waals surface area contributed by atoms with Gasteiger partial charge in [0, 0.05) is 16.4 Å². The molecule has 0 aliphatic carbocycles. The molecule has 0 saturated heterocycles. The molecule has 0 unspecified atom stereocenters. The van der Waals surface area contributed by atoms with Crippen molar-refractivity contribution in [1.29, 1.82) is 0 Å². The quantitative estimate of drug-likeness (QED) is 0.697. The van der Waals surface area contributed by atoms with Crippen molar-refractivity contribution >= 4 is 28.9 Å². The Morgan fingerprint density at radius 2 is 1.72 bits per heavy atom. The molecule has 1 heterocycles. The maximum atomic E-state index is 13.2. The van der Waals surface area contributed by atoms with E-state index in [2.05, 4.69) is 5.32 Å². The lowest BCUT2D eigenvalue weighted by Gasteiger charge is -2.38. The van der Waals surface area contributed by atoms with E-state index in [0.717, 1.165) is 11.3 Å². The molecule has 0 fully saturated rings. The Morgan fingerprint density at radius 3 is 2.48 bits per heavy atom. The van der Waals surface area contributed by atoms with Crippen molar-refractivity contribution in [2.24, 2.45) is 0 Å². The zero-order chi connectivity index (χ0) is 17.4. The fourth-order valence-corrected chi connectivity index (χ4v) is 3.24. The van der Waals surface area contributed by atoms with E-state index in [9.17, 15) is 9.90 Å². The Morgan fingerprint density at radius 1 is 0.960 bits per heavy atom. The zero-order valence-electron chi connectivity index (χ0n) is 13.2. The summed E-state index contributed by atoms with van der Waals surface area (Å²) in [7, 11) is 0. The summed E-state index contributed by atoms with van der Waals surface area (Å²) in [6.07, 6.45) is -0.398. The third-order valence-electron chi connectivity index (χ3n) is 4.22. The number of fused-ring (bicyclic) bond motifs is 1. The van der Waals surface area contributed by atoms with Crippen LogP contribution in [0.4, 0.5) is 11.4 Å². The monoisotopic (exact) mass is 350 g/mol. The standard InChI is InChI=1S/C20H15ClN2O2/c21-14-5-3-4-13(12-14)19-22-18-7-2-1-6-17(18)20(25)23(19)15-8-10-16(24)11-9-15/h1-12,19,22,24H/t19-/m0/s1. The molecule has 2 N–H and O–H groups in total. The van der Waals surface area contributed by atoms with Gasteiger partial charge >= 0.3 is 0 Å². The van der Waals surface area contributed by atoms with Crippen molar-refractivity contribution in [2.75, 3.05) is 10.2 Å². The minimum atomic E-state index is -0.398. The molecule has 0 saturated carbocycles. The number of carbonyl (C=O) groups excluding carboxylic acids is 1. The number of amides is 1. The van der Waals surface area contributed by atoms with Crippen LogP contribution in [-0.2, 0) is 0 Å². The highest BCUT2D eigenvalue weighted by atomic mass is 35.5. The SMILES string of the molecule is O=C1c2ccccc2N[C@H](c2cccc(Cl)c2)N1c1ccc(O)cc1. The second-order valence-electron chi connectivity index (χ2n) is 5.84. The van der Waals surface area contributed by atoms with Crippen LogP contribution >= 0.6 is 11.6 Å². The highest BCUT2D eigenvalue weighted by molar-refractivity contribution is 6.30. The lowest BCUT2D eigenvalue weighted by molar-refractivity contribution is 0.0975. The Kier molecular flexibility index (Phi) is 3.82. The Bertz CT molecular complexity index is 940. The molecule has 4 rings (SSSR count). The van der Waals surface area contributed by atoms with Crippen molar-refractivity contribution in [1.82, 2.24) is 0 Å². The van der Waals surface area contributed by atoms with Gasteiger partial charge in [-0.05, 0) is 54.1 Å². The topological polar surface area (TPSA) is 52.6 Å². The Balaban J connectivity index is 1.87. The van der Waals surface area contributed by atoms with E-state index in [4.69, 9.17) is 11.6 Å². The molecular formula is C20H15ClN2O2. The van der Waals surface area contributed by atoms with Crippen LogP contribution in [0.25, 0.3) is 0 Å². The minimum Gasteiger partial charge on any atom is -0.508 e. The number of carbonyl (C=O) groups is 1. The molecule has 124 valence electrons. The molecule has 3 aromatic carbocycles. The average molecular weight is 351 g/mol. The molecule has 0 radical (unpaired) electrons. The van der Waals surface area contributed by atoms with Crippen LogP contribution in [0.5, 0.6) is 5.75 Å². The van der Waals surface area contributed by atoms with E-state index in [0.29, 0.717) is 16.3 Å². The maximum absolute atomic E-state index is 13.2. The highest BCUT2D eigenvalue weighted by Gasteiger charge is 2.33. The third-order valence-corrected chi connectivity index (χ3v) is 4.45. The van der Waals surface area contributed by atoms with Gasteiger partial charge < -0.3 is 10.4 Å². The summed E-state index contributed by atoms with van der Waals surface area (Å²) in [6.45, 7) is 0. The summed E-state index contributed by atoms with van der Waals surface area (Å²) in [5.41, 5.74) is 2.96. The second-order valence-corrected chi connectivity index (χ2v) is 6.28. The van der Waals surface area contributed by atoms with Crippen molar-refractivity contribution < 1.29 is 9.90 Å². The summed E-state index contributed by atoms with van der Waals surface area (Å²) < 4.78 is 0. The van der Waals surface area contributed by atoms with Gasteiger partial charge in [-0.1, -0.05) is 35.9 Å². The van der Waals surface area contributed by atoms with Gasteiger partial charge in [-0.3, -0.25) is 9.69 Å². The first-order valence-electron chi connectivity index (χ1n) is 7.87. The van der Waals surface area contributed by atoms with Crippen LogP contribution in [0.2, 0.25) is 5.02 Å². The van der Waals surface area contributed by atoms with Crippen LogP contribution in [0.3, 0.4) is 0 Å². The summed E-state index contributed by atoms with van der Waals surface area (Å²) in [5.74, 6) is 0.0471. The zero-order valence-corrected chi connectivity index (χ0v) is 13.9. The van der Waals surface area contributed by atoms with Gasteiger partial charge in [0.15, 0.2) is 0 Å². The Labute approximate surface area is 150 Å². The number of nitrogens with zero attached hydrogens (tertiary/aromatic N) is 1. The number of rotatable bonds is 2. The third kappa shape index (κ3) is 2.81. The lowest BCUT2D eigenvalue weighted by atomic mass is 10.0. The molecular weight excluding hydrogens is 336 g/mol. The molecule has 4 nitrogen and oxygen atoms in total. The van der Waals surface area contributed by atoms with E-state index in [-0.39, 0.29) is 11.7 Å². The average Bonchev–Trinajstić information content (AvgIpc) is 2.63. The summed E-state index contributed by atoms with van der Waals surface area (Å²) in [5, 5.41) is 13.6. The number of para-hydroxylation sites is 1. The fourth-order valence-electron chi connectivity index (χ4n) is 3.04. The maximum Gasteiger partial charge on any atom is 0.262 e. The van der Waals surface area contributed by atoms with E-state index in [1.54, 1.807) is 41.3 Å². The summed E-state index contributed by atoms with van der Waals surface area (Å²) >= 11 is 6.15. The second kappa shape index (κ2) is 6.15. The first-order chi connectivity index (χ1) is 12.1. The summed E-state index contributed by atoms with van der Waals surface area (Å²) in [6, 6.07) is 21.4. The van der Waals surface area contributed by atoms with E-state index in [1.807, 2.05) is 36.4 Å². The molecule has 0 aromatic heterocycles. The number of halogens is 1. The number of anilines is 2. The molecule has 0 bridgehead atoms. The van der Waals surface area contributed by atoms with E-state index < -0.39 is 6.17 Å². The van der Waals surface area contributed by atoms with Crippen LogP contribution in [0.1, 0.15) is 22.1 Å². The van der Waals surface area contributed by atoms with Gasteiger partial charge in [-0.2, -0.15) is 0 Å². The fraction of sp³-hybridized carbons (Fsp3) is 0.0500. The van der Waals surface area contributed by atoms with Gasteiger partial charge in [0.2, 0.25) is 0 Å². The number of phenols is 1. The number of aromatic hydroxyl groups is 1. The molecule has 0 spiro atoms. The van der Waals surface area contributed by atoms with Crippen LogP contribution < -0.4 is 10.2 Å². The van der Waals surface area contributed by atoms with Gasteiger partial charge in [0.1, 0.15) is 11.9 Å². The normalized spacial score (nSPS) is 16.3. The van der Waals surface area contributed by atoms with Gasteiger partial charge in [0.05, 0.1) is 5.56 Å². The van der Waals surface area contributed by atoms with Crippen LogP contribution in [0.15, 0.2) is 72.8 Å². The molecule has 1 aliphatic heterocycles. The number of hydrogen-bond donors (Lipinski definition) is 2. The minimum absolute atomic E-state index is 0.106. The largest absolute Gasteiger partial charge is 0.508 e. The molecule has 1 atom stereocenters. The van der Waals surface area contributed by atoms with Crippen LogP contribution in [-0.4, -0.2) is 11.0 Å². The predicted octanol–water partition coefficient (Wildman–Crippen LogP) is 4.82. The van der Waals surface area contributed by atoms with Gasteiger partial charge in [0.25, 0.3) is 5.91 Å². The van der Waals surface area contributed by atoms with E-state index in [1.165, 1.54) is 0 Å². The number of benzene rings is 3. The van der Waals surface area contributed by atoms with Crippen molar-refractivity contribution in [3.8, 4) is 5.75 Å². The van der Waals surface area contributed by atoms with Crippen LogP contribution in [0, 0.1) is 0 Å². The Hall–Kier alpha value is -2.98. The summed E-state index contributed by atoms with van der Waals surface area (Å²) in [4.78, 5) is 14.8. The molecule has 3 aromatic rings. The van der Waals surface area contributed by atoms with Crippen molar-refractivity contribution in [2.45, 2.75) is 6.17 Å². The highest BCUT2D eigenvalue weighted by Crippen LogP contribution is 2.37. The van der Waals surface area contributed by atoms with Crippen molar-refractivity contribution in [3.63, 3.8) is 0 Å². The van der Waals surface area contributed by atoms with E-state index >= 15 is 0 Å². The molecule has 1 aliphatic rings. The van der Waals surface area contributed by atoms with Crippen molar-refractivity contribution in [3.05, 3.63) is 88.9 Å². The number of phenolic OH excluding ortho intramolecular Hbond substituents is 1. The molecule has 25 heavy (non-hydrogen) atoms. The molecule has 5 heteroatoms. The first kappa shape index (κ1) is 15.5. The van der Waals surface area contributed by atoms with Gasteiger partial charge in [-0.25, -0.2) is 0 Å².